The first kappa shape index (κ1) is 12.7. The van der Waals surface area contributed by atoms with Gasteiger partial charge >= 0.3 is 0 Å². The minimum atomic E-state index is -0.578. The minimum Gasteiger partial charge on any atom is -0.356 e. The first-order valence-corrected chi connectivity index (χ1v) is 5.08. The van der Waals surface area contributed by atoms with Crippen molar-refractivity contribution in [3.63, 3.8) is 0 Å². The van der Waals surface area contributed by atoms with Crippen molar-refractivity contribution >= 4 is 23.3 Å². The summed E-state index contributed by atoms with van der Waals surface area (Å²) in [7, 11) is 3.26. The Balaban J connectivity index is 2.77. The van der Waals surface area contributed by atoms with Crippen molar-refractivity contribution in [2.24, 2.45) is 0 Å². The predicted octanol–water partition coefficient (Wildman–Crippen LogP) is 1.76. The smallest absolute Gasteiger partial charge is 0.244 e. The number of carbonyl (C=O) groups excluding carboxylic acids is 1. The quantitative estimate of drug-likeness (QED) is 0.883. The van der Waals surface area contributed by atoms with Gasteiger partial charge in [-0.3, -0.25) is 4.79 Å². The number of nitrogens with one attached hydrogen (secondary N) is 1. The van der Waals surface area contributed by atoms with Crippen LogP contribution in [0.2, 0.25) is 5.02 Å². The Morgan fingerprint density at radius 2 is 2.25 bits per heavy atom. The van der Waals surface area contributed by atoms with E-state index in [1.54, 1.807) is 21.0 Å². The molecule has 0 saturated carbocycles. The third-order valence-corrected chi connectivity index (χ3v) is 2.18. The van der Waals surface area contributed by atoms with Crippen molar-refractivity contribution in [1.29, 1.82) is 0 Å². The summed E-state index contributed by atoms with van der Waals surface area (Å²) in [5, 5.41) is 2.90. The van der Waals surface area contributed by atoms with Crippen LogP contribution in [0.5, 0.6) is 0 Å². The van der Waals surface area contributed by atoms with E-state index in [-0.39, 0.29) is 16.7 Å². The average Bonchev–Trinajstić information content (AvgIpc) is 2.20. The molecule has 88 valence electrons. The van der Waals surface area contributed by atoms with Crippen molar-refractivity contribution < 1.29 is 9.18 Å². The number of halogens is 2. The number of likely N-dealkylation sites (N-methyl/N-ethyl adjacent to an activating group) is 1. The minimum absolute atomic E-state index is 0.0205. The molecule has 0 fully saturated rings. The molecule has 0 spiro atoms. The number of nitrogens with zero attached hydrogens (tertiary/aromatic N) is 2. The molecule has 0 aliphatic heterocycles. The standard InChI is InChI=1S/C10H13ClFN3O/c1-6(10(16)15(2)3)14-9-8(12)4-7(11)5-13-9/h4-6H,1-3H3,(H,13,14). The van der Waals surface area contributed by atoms with Gasteiger partial charge in [-0.2, -0.15) is 0 Å². The number of rotatable bonds is 3. The number of hydrogen-bond acceptors (Lipinski definition) is 3. The van der Waals surface area contributed by atoms with Gasteiger partial charge in [0.25, 0.3) is 0 Å². The highest BCUT2D eigenvalue weighted by atomic mass is 35.5. The summed E-state index contributed by atoms with van der Waals surface area (Å²) >= 11 is 5.56. The molecular formula is C10H13ClFN3O. The van der Waals surface area contributed by atoms with Gasteiger partial charge in [-0.25, -0.2) is 9.37 Å². The van der Waals surface area contributed by atoms with E-state index in [4.69, 9.17) is 11.6 Å². The van der Waals surface area contributed by atoms with E-state index < -0.39 is 11.9 Å². The molecular weight excluding hydrogens is 233 g/mol. The Morgan fingerprint density at radius 1 is 1.62 bits per heavy atom. The van der Waals surface area contributed by atoms with Crippen LogP contribution in [-0.2, 0) is 4.79 Å². The van der Waals surface area contributed by atoms with Gasteiger partial charge in [0.1, 0.15) is 6.04 Å². The van der Waals surface area contributed by atoms with Crippen LogP contribution in [0.15, 0.2) is 12.3 Å². The zero-order valence-electron chi connectivity index (χ0n) is 9.29. The topological polar surface area (TPSA) is 45.2 Å². The number of carbonyl (C=O) groups is 1. The SMILES string of the molecule is CC(Nc1ncc(Cl)cc1F)C(=O)N(C)C. The van der Waals surface area contributed by atoms with Gasteiger partial charge in [0.05, 0.1) is 5.02 Å². The maximum absolute atomic E-state index is 13.3. The third-order valence-electron chi connectivity index (χ3n) is 1.97. The molecule has 1 N–H and O–H groups in total. The summed E-state index contributed by atoms with van der Waals surface area (Å²) in [5.74, 6) is -0.714. The fourth-order valence-corrected chi connectivity index (χ4v) is 1.32. The molecule has 4 nitrogen and oxygen atoms in total. The zero-order valence-corrected chi connectivity index (χ0v) is 10.0. The van der Waals surface area contributed by atoms with Crippen LogP contribution in [0.4, 0.5) is 10.2 Å². The first-order chi connectivity index (χ1) is 7.41. The van der Waals surface area contributed by atoms with E-state index in [1.165, 1.54) is 11.1 Å². The molecule has 6 heteroatoms. The molecule has 0 radical (unpaired) electrons. The number of pyridine rings is 1. The zero-order chi connectivity index (χ0) is 12.3. The first-order valence-electron chi connectivity index (χ1n) is 4.70. The molecule has 16 heavy (non-hydrogen) atoms. The van der Waals surface area contributed by atoms with Gasteiger partial charge in [0, 0.05) is 20.3 Å². The second-order valence-corrected chi connectivity index (χ2v) is 4.02. The summed E-state index contributed by atoms with van der Waals surface area (Å²) in [6.45, 7) is 1.64. The van der Waals surface area contributed by atoms with Crippen molar-refractivity contribution in [2.45, 2.75) is 13.0 Å². The monoisotopic (exact) mass is 245 g/mol. The maximum Gasteiger partial charge on any atom is 0.244 e. The van der Waals surface area contributed by atoms with E-state index in [9.17, 15) is 9.18 Å². The molecule has 0 aliphatic carbocycles. The van der Waals surface area contributed by atoms with Gasteiger partial charge in [-0.1, -0.05) is 11.6 Å². The normalized spacial score (nSPS) is 12.1. The van der Waals surface area contributed by atoms with Crippen LogP contribution in [0.1, 0.15) is 6.92 Å². The molecule has 1 rings (SSSR count). The van der Waals surface area contributed by atoms with Crippen LogP contribution in [-0.4, -0.2) is 35.9 Å². The lowest BCUT2D eigenvalue weighted by molar-refractivity contribution is -0.129. The Bertz CT molecular complexity index is 398. The predicted molar refractivity (Wildman–Crippen MR) is 61.0 cm³/mol. The lowest BCUT2D eigenvalue weighted by Crippen LogP contribution is -2.37. The Morgan fingerprint density at radius 3 is 2.75 bits per heavy atom. The van der Waals surface area contributed by atoms with Crippen molar-refractivity contribution in [1.82, 2.24) is 9.88 Å². The molecule has 1 amide bonds. The van der Waals surface area contributed by atoms with Crippen LogP contribution in [0, 0.1) is 5.82 Å². The number of aromatic nitrogens is 1. The molecule has 1 atom stereocenters. The Hall–Kier alpha value is -1.36. The van der Waals surface area contributed by atoms with Crippen LogP contribution in [0.25, 0.3) is 0 Å². The Kier molecular flexibility index (Phi) is 4.06. The van der Waals surface area contributed by atoms with Crippen molar-refractivity contribution in [3.8, 4) is 0 Å². The molecule has 1 aromatic rings. The summed E-state index contributed by atoms with van der Waals surface area (Å²) in [6.07, 6.45) is 1.32. The Labute approximate surface area is 98.4 Å². The lowest BCUT2D eigenvalue weighted by Gasteiger charge is -2.18. The van der Waals surface area contributed by atoms with E-state index in [0.717, 1.165) is 6.07 Å². The second kappa shape index (κ2) is 5.12. The van der Waals surface area contributed by atoms with Gasteiger partial charge in [-0.05, 0) is 13.0 Å². The highest BCUT2D eigenvalue weighted by Crippen LogP contribution is 2.16. The van der Waals surface area contributed by atoms with E-state index in [0.29, 0.717) is 0 Å². The van der Waals surface area contributed by atoms with Crippen LogP contribution in [0.3, 0.4) is 0 Å². The number of anilines is 1. The fraction of sp³-hybridized carbons (Fsp3) is 0.400. The molecule has 0 aliphatic rings. The largest absolute Gasteiger partial charge is 0.356 e. The van der Waals surface area contributed by atoms with Crippen molar-refractivity contribution in [2.75, 3.05) is 19.4 Å². The molecule has 0 saturated heterocycles. The summed E-state index contributed by atoms with van der Waals surface area (Å²) in [6, 6.07) is 0.599. The number of amides is 1. The highest BCUT2D eigenvalue weighted by Gasteiger charge is 2.16. The summed E-state index contributed by atoms with van der Waals surface area (Å²) < 4.78 is 13.3. The van der Waals surface area contributed by atoms with Gasteiger partial charge in [0.15, 0.2) is 11.6 Å². The molecule has 0 aromatic carbocycles. The van der Waals surface area contributed by atoms with Gasteiger partial charge in [-0.15, -0.1) is 0 Å². The van der Waals surface area contributed by atoms with Crippen LogP contribution >= 0.6 is 11.6 Å². The number of hydrogen-bond donors (Lipinski definition) is 1. The van der Waals surface area contributed by atoms with Crippen molar-refractivity contribution in [3.05, 3.63) is 23.1 Å². The van der Waals surface area contributed by atoms with E-state index >= 15 is 0 Å². The average molecular weight is 246 g/mol. The second-order valence-electron chi connectivity index (χ2n) is 3.58. The molecule has 1 aromatic heterocycles. The molecule has 1 heterocycles. The highest BCUT2D eigenvalue weighted by molar-refractivity contribution is 6.30. The van der Waals surface area contributed by atoms with E-state index in [2.05, 4.69) is 10.3 Å². The van der Waals surface area contributed by atoms with Crippen LogP contribution < -0.4 is 5.32 Å². The molecule has 0 bridgehead atoms. The lowest BCUT2D eigenvalue weighted by atomic mass is 10.3. The van der Waals surface area contributed by atoms with E-state index in [1.807, 2.05) is 0 Å². The fourth-order valence-electron chi connectivity index (χ4n) is 1.17. The van der Waals surface area contributed by atoms with Gasteiger partial charge < -0.3 is 10.2 Å². The molecule has 1 unspecified atom stereocenters. The van der Waals surface area contributed by atoms with Gasteiger partial charge in [0.2, 0.25) is 5.91 Å². The summed E-state index contributed by atoms with van der Waals surface area (Å²) in [5.41, 5.74) is 0. The third kappa shape index (κ3) is 3.06. The summed E-state index contributed by atoms with van der Waals surface area (Å²) in [4.78, 5) is 16.7. The maximum atomic E-state index is 13.3.